The van der Waals surface area contributed by atoms with Crippen molar-refractivity contribution < 1.29 is 14.8 Å². The van der Waals surface area contributed by atoms with Gasteiger partial charge in [0.1, 0.15) is 0 Å². The molecule has 1 unspecified atom stereocenters. The number of hydrogen-bond acceptors (Lipinski definition) is 6. The summed E-state index contributed by atoms with van der Waals surface area (Å²) in [6.45, 7) is 1.66. The zero-order chi connectivity index (χ0) is 15.6. The number of rotatable bonds is 5. The quantitative estimate of drug-likeness (QED) is 0.628. The van der Waals surface area contributed by atoms with Crippen LogP contribution in [0.15, 0.2) is 24.5 Å². The fourth-order valence-electron chi connectivity index (χ4n) is 1.82. The molecule has 0 aliphatic carbocycles. The van der Waals surface area contributed by atoms with Crippen molar-refractivity contribution in [1.82, 2.24) is 14.8 Å². The Morgan fingerprint density at radius 1 is 1.52 bits per heavy atom. The third-order valence-electron chi connectivity index (χ3n) is 2.80. The van der Waals surface area contributed by atoms with Crippen molar-refractivity contribution in [2.75, 3.05) is 5.32 Å². The number of anilines is 1. The first-order valence-electron chi connectivity index (χ1n) is 5.98. The van der Waals surface area contributed by atoms with E-state index in [9.17, 15) is 20.0 Å². The number of carboxylic acid groups (broad SMARTS) is 1. The Kier molecular flexibility index (Phi) is 3.83. The fraction of sp³-hybridized carbons (Fsp3) is 0.250. The minimum Gasteiger partial charge on any atom is -0.479 e. The Labute approximate surface area is 119 Å². The molecular formula is C12H13N5O4. The Balaban J connectivity index is 2.40. The van der Waals surface area contributed by atoms with Gasteiger partial charge in [0.15, 0.2) is 6.04 Å². The van der Waals surface area contributed by atoms with Gasteiger partial charge < -0.3 is 10.4 Å². The van der Waals surface area contributed by atoms with Gasteiger partial charge in [0.25, 0.3) is 0 Å². The molecule has 2 aromatic rings. The van der Waals surface area contributed by atoms with Crippen molar-refractivity contribution >= 4 is 17.5 Å². The molecule has 0 fully saturated rings. The van der Waals surface area contributed by atoms with E-state index in [1.165, 1.54) is 29.2 Å². The van der Waals surface area contributed by atoms with Crippen LogP contribution in [0.1, 0.15) is 17.3 Å². The maximum Gasteiger partial charge on any atom is 0.330 e. The Morgan fingerprint density at radius 2 is 2.24 bits per heavy atom. The van der Waals surface area contributed by atoms with Crippen LogP contribution in [0, 0.1) is 17.0 Å². The van der Waals surface area contributed by atoms with Crippen molar-refractivity contribution in [3.63, 3.8) is 0 Å². The molecule has 9 heteroatoms. The minimum absolute atomic E-state index is 0.0868. The molecule has 0 radical (unpaired) electrons. The third-order valence-corrected chi connectivity index (χ3v) is 2.80. The van der Waals surface area contributed by atoms with Crippen LogP contribution < -0.4 is 5.32 Å². The van der Waals surface area contributed by atoms with Gasteiger partial charge in [-0.05, 0) is 13.0 Å². The summed E-state index contributed by atoms with van der Waals surface area (Å²) in [6, 6.07) is 1.60. The minimum atomic E-state index is -1.18. The van der Waals surface area contributed by atoms with Crippen LogP contribution >= 0.6 is 0 Å². The molecular weight excluding hydrogens is 278 g/mol. The van der Waals surface area contributed by atoms with Gasteiger partial charge in [0.2, 0.25) is 5.82 Å². The molecule has 2 rings (SSSR count). The van der Waals surface area contributed by atoms with Gasteiger partial charge >= 0.3 is 11.7 Å². The summed E-state index contributed by atoms with van der Waals surface area (Å²) in [5.74, 6) is -1.27. The van der Waals surface area contributed by atoms with Crippen molar-refractivity contribution in [3.8, 4) is 0 Å². The molecule has 0 spiro atoms. The van der Waals surface area contributed by atoms with Crippen molar-refractivity contribution in [3.05, 3.63) is 45.9 Å². The van der Waals surface area contributed by atoms with Crippen LogP contribution in [0.4, 0.5) is 11.5 Å². The van der Waals surface area contributed by atoms with Gasteiger partial charge in [-0.15, -0.1) is 0 Å². The molecule has 2 aromatic heterocycles. The first-order valence-corrected chi connectivity index (χ1v) is 5.98. The monoisotopic (exact) mass is 291 g/mol. The summed E-state index contributed by atoms with van der Waals surface area (Å²) < 4.78 is 1.45. The first-order chi connectivity index (χ1) is 9.88. The molecule has 2 N–H and O–H groups in total. The maximum absolute atomic E-state index is 11.4. The zero-order valence-electron chi connectivity index (χ0n) is 11.3. The summed E-state index contributed by atoms with van der Waals surface area (Å²) >= 11 is 0. The number of aliphatic carboxylic acids is 1. The second-order valence-electron chi connectivity index (χ2n) is 4.44. The molecule has 0 aliphatic rings. The summed E-state index contributed by atoms with van der Waals surface area (Å²) in [6.07, 6.45) is 2.90. The standard InChI is InChI=1S/C12H13N5O4/c1-7-3-4-9(17(20)21)11(14-7)15-10(12(18)19)8-5-13-16(2)6-8/h3-6,10H,1-2H3,(H,14,15)(H,18,19). The predicted octanol–water partition coefficient (Wildman–Crippen LogP) is 1.27. The van der Waals surface area contributed by atoms with Crippen LogP contribution in [0.5, 0.6) is 0 Å². The van der Waals surface area contributed by atoms with Crippen molar-refractivity contribution in [2.45, 2.75) is 13.0 Å². The van der Waals surface area contributed by atoms with Gasteiger partial charge in [-0.2, -0.15) is 5.10 Å². The fourth-order valence-corrected chi connectivity index (χ4v) is 1.82. The number of carboxylic acids is 1. The van der Waals surface area contributed by atoms with E-state index in [1.54, 1.807) is 14.0 Å². The average Bonchev–Trinajstić information content (AvgIpc) is 2.81. The molecule has 110 valence electrons. The molecule has 21 heavy (non-hydrogen) atoms. The van der Waals surface area contributed by atoms with Crippen LogP contribution in [-0.2, 0) is 11.8 Å². The van der Waals surface area contributed by atoms with E-state index in [-0.39, 0.29) is 11.5 Å². The lowest BCUT2D eigenvalue weighted by atomic mass is 10.1. The second kappa shape index (κ2) is 5.57. The highest BCUT2D eigenvalue weighted by Crippen LogP contribution is 2.26. The summed E-state index contributed by atoms with van der Waals surface area (Å²) in [7, 11) is 1.65. The Morgan fingerprint density at radius 3 is 2.76 bits per heavy atom. The molecule has 0 saturated carbocycles. The molecule has 0 aliphatic heterocycles. The summed E-state index contributed by atoms with van der Waals surface area (Å²) in [4.78, 5) is 25.8. The molecule has 2 heterocycles. The van der Waals surface area contributed by atoms with Gasteiger partial charge in [-0.1, -0.05) is 0 Å². The van der Waals surface area contributed by atoms with E-state index in [0.29, 0.717) is 11.3 Å². The molecule has 1 atom stereocenters. The summed E-state index contributed by atoms with van der Waals surface area (Å²) in [5, 5.41) is 26.8. The van der Waals surface area contributed by atoms with Crippen LogP contribution in [0.25, 0.3) is 0 Å². The SMILES string of the molecule is Cc1ccc([N+](=O)[O-])c(NC(C(=O)O)c2cnn(C)c2)n1. The average molecular weight is 291 g/mol. The first kappa shape index (κ1) is 14.4. The topological polar surface area (TPSA) is 123 Å². The van der Waals surface area contributed by atoms with Crippen LogP contribution in [-0.4, -0.2) is 30.8 Å². The van der Waals surface area contributed by atoms with E-state index in [2.05, 4.69) is 15.4 Å². The van der Waals surface area contributed by atoms with Gasteiger partial charge in [0, 0.05) is 30.6 Å². The zero-order valence-corrected chi connectivity index (χ0v) is 11.3. The third kappa shape index (κ3) is 3.14. The highest BCUT2D eigenvalue weighted by Gasteiger charge is 2.25. The lowest BCUT2D eigenvalue weighted by molar-refractivity contribution is -0.384. The van der Waals surface area contributed by atoms with Gasteiger partial charge in [0.05, 0.1) is 11.1 Å². The normalized spacial score (nSPS) is 11.9. The Hall–Kier alpha value is -2.97. The van der Waals surface area contributed by atoms with Crippen molar-refractivity contribution in [2.24, 2.45) is 7.05 Å². The second-order valence-corrected chi connectivity index (χ2v) is 4.44. The van der Waals surface area contributed by atoms with E-state index in [0.717, 1.165) is 0 Å². The van der Waals surface area contributed by atoms with E-state index in [1.807, 2.05) is 0 Å². The molecule has 0 saturated heterocycles. The molecule has 0 aromatic carbocycles. The molecule has 0 bridgehead atoms. The maximum atomic E-state index is 11.4. The van der Waals surface area contributed by atoms with Crippen molar-refractivity contribution in [1.29, 1.82) is 0 Å². The van der Waals surface area contributed by atoms with E-state index in [4.69, 9.17) is 0 Å². The lowest BCUT2D eigenvalue weighted by Crippen LogP contribution is -2.21. The number of aryl methyl sites for hydroxylation is 2. The smallest absolute Gasteiger partial charge is 0.330 e. The molecule has 0 amide bonds. The number of carbonyl (C=O) groups is 1. The van der Waals surface area contributed by atoms with Crippen LogP contribution in [0.3, 0.4) is 0 Å². The lowest BCUT2D eigenvalue weighted by Gasteiger charge is -2.13. The highest BCUT2D eigenvalue weighted by atomic mass is 16.6. The largest absolute Gasteiger partial charge is 0.479 e. The highest BCUT2D eigenvalue weighted by molar-refractivity contribution is 5.79. The number of nitrogens with zero attached hydrogens (tertiary/aromatic N) is 4. The van der Waals surface area contributed by atoms with E-state index < -0.39 is 16.9 Å². The number of pyridine rings is 1. The van der Waals surface area contributed by atoms with Gasteiger partial charge in [-0.25, -0.2) is 9.78 Å². The molecule has 9 nitrogen and oxygen atoms in total. The number of aromatic nitrogens is 3. The Bertz CT molecular complexity index is 697. The number of hydrogen-bond donors (Lipinski definition) is 2. The predicted molar refractivity (Wildman–Crippen MR) is 72.8 cm³/mol. The van der Waals surface area contributed by atoms with E-state index >= 15 is 0 Å². The number of nitro groups is 1. The number of nitrogens with one attached hydrogen (secondary N) is 1. The van der Waals surface area contributed by atoms with Gasteiger partial charge in [-0.3, -0.25) is 14.8 Å². The summed E-state index contributed by atoms with van der Waals surface area (Å²) in [5.41, 5.74) is 0.636. The van der Waals surface area contributed by atoms with Crippen LogP contribution in [0.2, 0.25) is 0 Å².